The summed E-state index contributed by atoms with van der Waals surface area (Å²) in [6, 6.07) is 5.86. The standard InChI is InChI=1S/C14H22N4O/c1-10(2)6-7-19-13-8-12(5-4-11(13)3)9-17-18-14(15)16/h4-5,8-10H,6-7H2,1-3H3,(H4,15,16,18). The summed E-state index contributed by atoms with van der Waals surface area (Å²) >= 11 is 0. The number of nitrogens with two attached hydrogens (primary N) is 2. The Kier molecular flexibility index (Phi) is 5.85. The highest BCUT2D eigenvalue weighted by Gasteiger charge is 2.01. The molecule has 0 unspecified atom stereocenters. The summed E-state index contributed by atoms with van der Waals surface area (Å²) in [5, 5.41) is 7.34. The third-order valence-corrected chi connectivity index (χ3v) is 2.54. The summed E-state index contributed by atoms with van der Waals surface area (Å²) in [5.41, 5.74) is 12.4. The van der Waals surface area contributed by atoms with Crippen LogP contribution >= 0.6 is 0 Å². The molecule has 0 aromatic heterocycles. The number of aryl methyl sites for hydroxylation is 1. The van der Waals surface area contributed by atoms with E-state index in [0.717, 1.165) is 23.3 Å². The lowest BCUT2D eigenvalue weighted by atomic mass is 10.1. The molecular weight excluding hydrogens is 240 g/mol. The van der Waals surface area contributed by atoms with Crippen molar-refractivity contribution in [3.63, 3.8) is 0 Å². The monoisotopic (exact) mass is 262 g/mol. The van der Waals surface area contributed by atoms with Crippen LogP contribution in [-0.4, -0.2) is 18.8 Å². The normalized spacial score (nSPS) is 10.9. The molecule has 0 spiro atoms. The Bertz CT molecular complexity index is 463. The Hall–Kier alpha value is -2.04. The van der Waals surface area contributed by atoms with Crippen molar-refractivity contribution in [2.45, 2.75) is 27.2 Å². The Labute approximate surface area is 114 Å². The minimum atomic E-state index is -0.0585. The Morgan fingerprint density at radius 2 is 2.11 bits per heavy atom. The molecule has 0 saturated heterocycles. The third-order valence-electron chi connectivity index (χ3n) is 2.54. The number of rotatable bonds is 6. The smallest absolute Gasteiger partial charge is 0.211 e. The van der Waals surface area contributed by atoms with Gasteiger partial charge in [0.25, 0.3) is 0 Å². The van der Waals surface area contributed by atoms with Crippen molar-refractivity contribution in [2.24, 2.45) is 27.6 Å². The van der Waals surface area contributed by atoms with Gasteiger partial charge in [-0.1, -0.05) is 26.0 Å². The third kappa shape index (κ3) is 5.90. The minimum Gasteiger partial charge on any atom is -0.493 e. The number of hydrogen-bond donors (Lipinski definition) is 2. The predicted octanol–water partition coefficient (Wildman–Crippen LogP) is 2.03. The van der Waals surface area contributed by atoms with E-state index < -0.39 is 0 Å². The van der Waals surface area contributed by atoms with Crippen molar-refractivity contribution in [3.8, 4) is 5.75 Å². The fraction of sp³-hybridized carbons (Fsp3) is 0.429. The molecule has 19 heavy (non-hydrogen) atoms. The van der Waals surface area contributed by atoms with Gasteiger partial charge in [0.1, 0.15) is 5.75 Å². The van der Waals surface area contributed by atoms with Crippen LogP contribution in [0.5, 0.6) is 5.75 Å². The topological polar surface area (TPSA) is 86.0 Å². The molecule has 5 heteroatoms. The number of ether oxygens (including phenoxy) is 1. The number of guanidine groups is 1. The van der Waals surface area contributed by atoms with Gasteiger partial charge in [0.05, 0.1) is 12.8 Å². The Balaban J connectivity index is 2.71. The maximum absolute atomic E-state index is 5.77. The molecule has 1 rings (SSSR count). The van der Waals surface area contributed by atoms with Crippen molar-refractivity contribution in [2.75, 3.05) is 6.61 Å². The van der Waals surface area contributed by atoms with E-state index in [1.807, 2.05) is 25.1 Å². The summed E-state index contributed by atoms with van der Waals surface area (Å²) in [6.45, 7) is 7.08. The predicted molar refractivity (Wildman–Crippen MR) is 79.5 cm³/mol. The summed E-state index contributed by atoms with van der Waals surface area (Å²) in [7, 11) is 0. The fourth-order valence-corrected chi connectivity index (χ4v) is 1.42. The lowest BCUT2D eigenvalue weighted by Crippen LogP contribution is -2.21. The van der Waals surface area contributed by atoms with Crippen molar-refractivity contribution in [3.05, 3.63) is 29.3 Å². The number of hydrogen-bond acceptors (Lipinski definition) is 3. The number of nitrogens with zero attached hydrogens (tertiary/aromatic N) is 2. The molecule has 4 N–H and O–H groups in total. The highest BCUT2D eigenvalue weighted by Crippen LogP contribution is 2.19. The van der Waals surface area contributed by atoms with E-state index in [0.29, 0.717) is 12.5 Å². The molecule has 0 amide bonds. The van der Waals surface area contributed by atoms with Crippen LogP contribution in [0.4, 0.5) is 0 Å². The highest BCUT2D eigenvalue weighted by molar-refractivity contribution is 5.82. The van der Waals surface area contributed by atoms with E-state index in [4.69, 9.17) is 16.2 Å². The van der Waals surface area contributed by atoms with E-state index in [9.17, 15) is 0 Å². The first-order valence-corrected chi connectivity index (χ1v) is 6.34. The van der Waals surface area contributed by atoms with E-state index in [-0.39, 0.29) is 5.96 Å². The van der Waals surface area contributed by atoms with Gasteiger partial charge in [-0.2, -0.15) is 5.10 Å². The molecular formula is C14H22N4O. The van der Waals surface area contributed by atoms with Crippen molar-refractivity contribution < 1.29 is 4.74 Å². The largest absolute Gasteiger partial charge is 0.493 e. The molecule has 0 atom stereocenters. The van der Waals surface area contributed by atoms with Gasteiger partial charge in [0.2, 0.25) is 5.96 Å². The van der Waals surface area contributed by atoms with Crippen LogP contribution in [0.2, 0.25) is 0 Å². The second kappa shape index (κ2) is 7.41. The van der Waals surface area contributed by atoms with Gasteiger partial charge in [-0.3, -0.25) is 0 Å². The number of benzene rings is 1. The molecule has 5 nitrogen and oxygen atoms in total. The van der Waals surface area contributed by atoms with E-state index in [1.165, 1.54) is 0 Å². The average molecular weight is 262 g/mol. The lowest BCUT2D eigenvalue weighted by molar-refractivity contribution is 0.288. The van der Waals surface area contributed by atoms with E-state index in [1.54, 1.807) is 6.21 Å². The van der Waals surface area contributed by atoms with Gasteiger partial charge in [-0.25, -0.2) is 0 Å². The molecule has 0 radical (unpaired) electrons. The van der Waals surface area contributed by atoms with E-state index in [2.05, 4.69) is 24.1 Å². The quantitative estimate of drug-likeness (QED) is 0.467. The van der Waals surface area contributed by atoms with Gasteiger partial charge >= 0.3 is 0 Å². The average Bonchev–Trinajstić information content (AvgIpc) is 2.32. The first-order valence-electron chi connectivity index (χ1n) is 6.34. The van der Waals surface area contributed by atoms with E-state index >= 15 is 0 Å². The SMILES string of the molecule is Cc1ccc(C=NN=C(N)N)cc1OCCC(C)C. The second-order valence-corrected chi connectivity index (χ2v) is 4.83. The molecule has 104 valence electrons. The first kappa shape index (κ1) is 15.0. The van der Waals surface area contributed by atoms with Gasteiger partial charge in [0.15, 0.2) is 0 Å². The molecule has 0 saturated carbocycles. The van der Waals surface area contributed by atoms with Crippen molar-refractivity contribution >= 4 is 12.2 Å². The highest BCUT2D eigenvalue weighted by atomic mass is 16.5. The lowest BCUT2D eigenvalue weighted by Gasteiger charge is -2.11. The summed E-state index contributed by atoms with van der Waals surface area (Å²) in [4.78, 5) is 0. The Morgan fingerprint density at radius 1 is 1.37 bits per heavy atom. The molecule has 0 aliphatic rings. The molecule has 0 bridgehead atoms. The zero-order valence-electron chi connectivity index (χ0n) is 11.8. The van der Waals surface area contributed by atoms with Gasteiger partial charge < -0.3 is 16.2 Å². The summed E-state index contributed by atoms with van der Waals surface area (Å²) < 4.78 is 5.77. The zero-order chi connectivity index (χ0) is 14.3. The minimum absolute atomic E-state index is 0.0585. The first-order chi connectivity index (χ1) is 8.99. The van der Waals surface area contributed by atoms with Crippen LogP contribution in [0.3, 0.4) is 0 Å². The summed E-state index contributed by atoms with van der Waals surface area (Å²) in [5.74, 6) is 1.44. The van der Waals surface area contributed by atoms with Crippen molar-refractivity contribution in [1.82, 2.24) is 0 Å². The van der Waals surface area contributed by atoms with Gasteiger partial charge in [-0.15, -0.1) is 5.10 Å². The van der Waals surface area contributed by atoms with Crippen LogP contribution in [0.25, 0.3) is 0 Å². The Morgan fingerprint density at radius 3 is 2.74 bits per heavy atom. The fourth-order valence-electron chi connectivity index (χ4n) is 1.42. The van der Waals surface area contributed by atoms with Crippen LogP contribution in [0.15, 0.2) is 28.4 Å². The molecule has 0 aliphatic heterocycles. The maximum atomic E-state index is 5.77. The molecule has 0 aliphatic carbocycles. The van der Waals surface area contributed by atoms with Crippen LogP contribution in [-0.2, 0) is 0 Å². The second-order valence-electron chi connectivity index (χ2n) is 4.83. The maximum Gasteiger partial charge on any atom is 0.211 e. The summed E-state index contributed by atoms with van der Waals surface area (Å²) in [6.07, 6.45) is 2.63. The van der Waals surface area contributed by atoms with Crippen LogP contribution in [0, 0.1) is 12.8 Å². The molecule has 0 heterocycles. The van der Waals surface area contributed by atoms with Crippen molar-refractivity contribution in [1.29, 1.82) is 0 Å². The molecule has 1 aromatic carbocycles. The van der Waals surface area contributed by atoms with Gasteiger partial charge in [0, 0.05) is 0 Å². The van der Waals surface area contributed by atoms with Gasteiger partial charge in [-0.05, 0) is 36.5 Å². The molecule has 0 fully saturated rings. The molecule has 1 aromatic rings. The van der Waals surface area contributed by atoms with Crippen LogP contribution in [0.1, 0.15) is 31.4 Å². The van der Waals surface area contributed by atoms with Crippen LogP contribution < -0.4 is 16.2 Å². The zero-order valence-corrected chi connectivity index (χ0v) is 11.8.